The molecule has 0 aliphatic carbocycles. The number of hydrogen-bond donors (Lipinski definition) is 1. The zero-order valence-corrected chi connectivity index (χ0v) is 13.7. The third-order valence-electron chi connectivity index (χ3n) is 3.91. The summed E-state index contributed by atoms with van der Waals surface area (Å²) in [6.45, 7) is 1.80. The molecule has 1 fully saturated rings. The Bertz CT molecular complexity index is 748. The lowest BCUT2D eigenvalue weighted by Crippen LogP contribution is -2.22. The van der Waals surface area contributed by atoms with E-state index < -0.39 is 10.0 Å². The van der Waals surface area contributed by atoms with E-state index in [1.54, 1.807) is 25.3 Å². The number of benzene rings is 1. The Balaban J connectivity index is 1.71. The highest BCUT2D eigenvalue weighted by Gasteiger charge is 2.22. The summed E-state index contributed by atoms with van der Waals surface area (Å²) in [4.78, 5) is 6.21. The van der Waals surface area contributed by atoms with Crippen molar-refractivity contribution in [2.45, 2.75) is 17.4 Å². The molecule has 2 heterocycles. The fourth-order valence-corrected chi connectivity index (χ4v) is 3.64. The predicted octanol–water partition coefficient (Wildman–Crippen LogP) is 2.11. The molecule has 0 saturated carbocycles. The first-order valence-electron chi connectivity index (χ1n) is 7.39. The molecule has 0 unspecified atom stereocenters. The van der Waals surface area contributed by atoms with Crippen molar-refractivity contribution in [2.75, 3.05) is 29.8 Å². The molecule has 1 atom stereocenters. The molecule has 1 aromatic heterocycles. The summed E-state index contributed by atoms with van der Waals surface area (Å²) in [7, 11) is -1.88. The minimum Gasteiger partial charge on any atom is -0.380 e. The maximum Gasteiger partial charge on any atom is 0.263 e. The second-order valence-corrected chi connectivity index (χ2v) is 7.12. The van der Waals surface area contributed by atoms with Gasteiger partial charge in [-0.2, -0.15) is 0 Å². The highest BCUT2D eigenvalue weighted by atomic mass is 32.2. The van der Waals surface area contributed by atoms with Crippen molar-refractivity contribution in [3.63, 3.8) is 0 Å². The van der Waals surface area contributed by atoms with E-state index in [0.29, 0.717) is 5.69 Å². The third-order valence-corrected chi connectivity index (χ3v) is 5.27. The van der Waals surface area contributed by atoms with Gasteiger partial charge in [0, 0.05) is 44.0 Å². The Hall–Kier alpha value is -2.12. The van der Waals surface area contributed by atoms with Gasteiger partial charge in [0.25, 0.3) is 10.0 Å². The van der Waals surface area contributed by atoms with Crippen LogP contribution >= 0.6 is 0 Å². The van der Waals surface area contributed by atoms with Crippen LogP contribution in [0.1, 0.15) is 6.42 Å². The van der Waals surface area contributed by atoms with E-state index in [9.17, 15) is 8.42 Å². The van der Waals surface area contributed by atoms with Crippen molar-refractivity contribution < 1.29 is 13.2 Å². The second kappa shape index (κ2) is 6.55. The van der Waals surface area contributed by atoms with E-state index in [0.717, 1.165) is 25.2 Å². The molecule has 23 heavy (non-hydrogen) atoms. The van der Waals surface area contributed by atoms with Crippen LogP contribution in [-0.2, 0) is 14.8 Å². The summed E-state index contributed by atoms with van der Waals surface area (Å²) in [6, 6.07) is 10.5. The third kappa shape index (κ3) is 3.62. The van der Waals surface area contributed by atoms with E-state index in [2.05, 4.69) is 14.6 Å². The van der Waals surface area contributed by atoms with Gasteiger partial charge in [-0.1, -0.05) is 0 Å². The maximum absolute atomic E-state index is 12.2. The van der Waals surface area contributed by atoms with Crippen LogP contribution in [0.4, 0.5) is 11.4 Å². The molecule has 0 bridgehead atoms. The minimum absolute atomic E-state index is 0.145. The zero-order chi connectivity index (χ0) is 16.3. The van der Waals surface area contributed by atoms with E-state index in [1.807, 2.05) is 12.1 Å². The molecule has 1 aliphatic heterocycles. The SMILES string of the molecule is CO[C@@H]1CCN(c2ccc(NS(=O)(=O)c3cccnc3)cc2)C1. The predicted molar refractivity (Wildman–Crippen MR) is 89.1 cm³/mol. The first kappa shape index (κ1) is 15.8. The van der Waals surface area contributed by atoms with E-state index >= 15 is 0 Å². The van der Waals surface area contributed by atoms with Gasteiger partial charge in [-0.15, -0.1) is 0 Å². The van der Waals surface area contributed by atoms with Crippen LogP contribution in [0.3, 0.4) is 0 Å². The van der Waals surface area contributed by atoms with E-state index in [-0.39, 0.29) is 11.0 Å². The molecule has 2 aromatic rings. The summed E-state index contributed by atoms with van der Waals surface area (Å²) in [5, 5.41) is 0. The van der Waals surface area contributed by atoms with Gasteiger partial charge in [-0.25, -0.2) is 8.42 Å². The van der Waals surface area contributed by atoms with Gasteiger partial charge in [-0.3, -0.25) is 9.71 Å². The van der Waals surface area contributed by atoms with E-state index in [1.165, 1.54) is 18.5 Å². The Kier molecular flexibility index (Phi) is 4.49. The van der Waals surface area contributed by atoms with Gasteiger partial charge in [0.2, 0.25) is 0 Å². The molecule has 1 aliphatic rings. The molecule has 1 aromatic carbocycles. The number of hydrogen-bond acceptors (Lipinski definition) is 5. The Morgan fingerprint density at radius 1 is 1.26 bits per heavy atom. The number of anilines is 2. The van der Waals surface area contributed by atoms with Crippen LogP contribution in [0.5, 0.6) is 0 Å². The number of methoxy groups -OCH3 is 1. The molecule has 1 saturated heterocycles. The molecular weight excluding hydrogens is 314 g/mol. The van der Waals surface area contributed by atoms with Gasteiger partial charge < -0.3 is 9.64 Å². The van der Waals surface area contributed by atoms with Crippen molar-refractivity contribution in [3.8, 4) is 0 Å². The van der Waals surface area contributed by atoms with Crippen molar-refractivity contribution in [1.82, 2.24) is 4.98 Å². The smallest absolute Gasteiger partial charge is 0.263 e. The summed E-state index contributed by atoms with van der Waals surface area (Å²) in [5.41, 5.74) is 1.59. The summed E-state index contributed by atoms with van der Waals surface area (Å²) >= 11 is 0. The quantitative estimate of drug-likeness (QED) is 0.907. The van der Waals surface area contributed by atoms with Crippen LogP contribution in [0, 0.1) is 0 Å². The topological polar surface area (TPSA) is 71.5 Å². The fraction of sp³-hybridized carbons (Fsp3) is 0.312. The Morgan fingerprint density at radius 2 is 2.04 bits per heavy atom. The second-order valence-electron chi connectivity index (χ2n) is 5.43. The van der Waals surface area contributed by atoms with Gasteiger partial charge in [0.1, 0.15) is 4.90 Å². The lowest BCUT2D eigenvalue weighted by Gasteiger charge is -2.18. The van der Waals surface area contributed by atoms with Gasteiger partial charge in [0.05, 0.1) is 6.10 Å². The van der Waals surface area contributed by atoms with Crippen LogP contribution < -0.4 is 9.62 Å². The van der Waals surface area contributed by atoms with Gasteiger partial charge in [0.15, 0.2) is 0 Å². The van der Waals surface area contributed by atoms with Crippen molar-refractivity contribution in [1.29, 1.82) is 0 Å². The molecule has 1 N–H and O–H groups in total. The highest BCUT2D eigenvalue weighted by Crippen LogP contribution is 2.24. The number of aromatic nitrogens is 1. The van der Waals surface area contributed by atoms with Crippen LogP contribution in [0.15, 0.2) is 53.7 Å². The largest absolute Gasteiger partial charge is 0.380 e. The Labute approximate surface area is 136 Å². The van der Waals surface area contributed by atoms with Crippen LogP contribution in [-0.4, -0.2) is 39.7 Å². The average molecular weight is 333 g/mol. The number of ether oxygens (including phenoxy) is 1. The first-order valence-corrected chi connectivity index (χ1v) is 8.87. The van der Waals surface area contributed by atoms with Crippen molar-refractivity contribution in [3.05, 3.63) is 48.8 Å². The minimum atomic E-state index is -3.60. The number of nitrogens with zero attached hydrogens (tertiary/aromatic N) is 2. The van der Waals surface area contributed by atoms with Crippen molar-refractivity contribution >= 4 is 21.4 Å². The Morgan fingerprint density at radius 3 is 2.65 bits per heavy atom. The summed E-state index contributed by atoms with van der Waals surface area (Å²) in [5.74, 6) is 0. The average Bonchev–Trinajstić information content (AvgIpc) is 3.05. The molecule has 0 radical (unpaired) electrons. The van der Waals surface area contributed by atoms with Crippen molar-refractivity contribution in [2.24, 2.45) is 0 Å². The molecule has 0 amide bonds. The molecule has 7 heteroatoms. The van der Waals surface area contributed by atoms with Crippen LogP contribution in [0.2, 0.25) is 0 Å². The molecule has 6 nitrogen and oxygen atoms in total. The normalized spacial score (nSPS) is 18.1. The first-order chi connectivity index (χ1) is 11.1. The number of sulfonamides is 1. The standard InChI is InChI=1S/C16H19N3O3S/c1-22-15-8-10-19(12-15)14-6-4-13(5-7-14)18-23(20,21)16-3-2-9-17-11-16/h2-7,9,11,15,18H,8,10,12H2,1H3/t15-/m1/s1. The highest BCUT2D eigenvalue weighted by molar-refractivity contribution is 7.92. The monoisotopic (exact) mass is 333 g/mol. The lowest BCUT2D eigenvalue weighted by molar-refractivity contribution is 0.121. The molecular formula is C16H19N3O3S. The lowest BCUT2D eigenvalue weighted by atomic mass is 10.2. The molecule has 0 spiro atoms. The number of pyridine rings is 1. The number of nitrogens with one attached hydrogen (secondary N) is 1. The van der Waals surface area contributed by atoms with Crippen LogP contribution in [0.25, 0.3) is 0 Å². The van der Waals surface area contributed by atoms with Gasteiger partial charge >= 0.3 is 0 Å². The zero-order valence-electron chi connectivity index (χ0n) is 12.8. The number of rotatable bonds is 5. The summed E-state index contributed by atoms with van der Waals surface area (Å²) < 4.78 is 32.4. The maximum atomic E-state index is 12.2. The van der Waals surface area contributed by atoms with Gasteiger partial charge in [-0.05, 0) is 42.8 Å². The summed E-state index contributed by atoms with van der Waals surface area (Å²) in [6.07, 6.45) is 4.13. The molecule has 122 valence electrons. The van der Waals surface area contributed by atoms with E-state index in [4.69, 9.17) is 4.74 Å². The fourth-order valence-electron chi connectivity index (χ4n) is 2.62. The molecule has 3 rings (SSSR count).